The third-order valence-corrected chi connectivity index (χ3v) is 4.87. The Kier molecular flexibility index (Phi) is 4.58. The van der Waals surface area contributed by atoms with Gasteiger partial charge in [0.15, 0.2) is 0 Å². The zero-order chi connectivity index (χ0) is 17.2. The van der Waals surface area contributed by atoms with Crippen molar-refractivity contribution in [1.82, 2.24) is 0 Å². The highest BCUT2D eigenvalue weighted by molar-refractivity contribution is 5.62. The average Bonchev–Trinajstić information content (AvgIpc) is 2.47. The molecule has 0 aromatic heterocycles. The molecule has 0 bridgehead atoms. The van der Waals surface area contributed by atoms with Crippen LogP contribution >= 0.6 is 0 Å². The summed E-state index contributed by atoms with van der Waals surface area (Å²) >= 11 is 0. The average molecular weight is 322 g/mol. The summed E-state index contributed by atoms with van der Waals surface area (Å²) in [6.07, 6.45) is 3.78. The maximum atomic E-state index is 3.76. The molecule has 0 radical (unpaired) electrons. The van der Waals surface area contributed by atoms with Crippen LogP contribution in [0, 0.1) is 10.8 Å². The van der Waals surface area contributed by atoms with E-state index >= 15 is 0 Å². The Balaban J connectivity index is 1.64. The minimum Gasteiger partial charge on any atom is -0.382 e. The Morgan fingerprint density at radius 2 is 1.21 bits per heavy atom. The highest BCUT2D eigenvalue weighted by atomic mass is 14.9. The predicted octanol–water partition coefficient (Wildman–Crippen LogP) is 6.45. The Bertz CT molecular complexity index is 640. The van der Waals surface area contributed by atoms with Gasteiger partial charge in [0.1, 0.15) is 0 Å². The smallest absolute Gasteiger partial charge is 0.0385 e. The zero-order valence-corrected chi connectivity index (χ0v) is 15.4. The molecule has 0 atom stereocenters. The second-order valence-corrected chi connectivity index (χ2v) is 8.82. The molecular weight excluding hydrogens is 292 g/mol. The van der Waals surface area contributed by atoms with Crippen LogP contribution in [0.25, 0.3) is 0 Å². The van der Waals surface area contributed by atoms with Gasteiger partial charge in [-0.2, -0.15) is 0 Å². The first kappa shape index (κ1) is 16.9. The molecule has 0 saturated heterocycles. The van der Waals surface area contributed by atoms with Crippen molar-refractivity contribution in [3.05, 3.63) is 54.6 Å². The molecule has 1 aliphatic carbocycles. The molecule has 2 heteroatoms. The quantitative estimate of drug-likeness (QED) is 0.676. The fourth-order valence-electron chi connectivity index (χ4n) is 4.52. The molecule has 128 valence electrons. The first-order valence-electron chi connectivity index (χ1n) is 9.00. The molecule has 2 aromatic rings. The van der Waals surface area contributed by atoms with Crippen molar-refractivity contribution in [2.45, 2.75) is 53.0 Å². The second-order valence-electron chi connectivity index (χ2n) is 8.82. The van der Waals surface area contributed by atoms with E-state index in [4.69, 9.17) is 0 Å². The molecule has 2 aromatic carbocycles. The molecule has 1 saturated carbocycles. The zero-order valence-electron chi connectivity index (χ0n) is 15.4. The van der Waals surface area contributed by atoms with Gasteiger partial charge in [-0.1, -0.05) is 45.9 Å². The van der Waals surface area contributed by atoms with E-state index in [1.54, 1.807) is 0 Å². The summed E-state index contributed by atoms with van der Waals surface area (Å²) < 4.78 is 0. The van der Waals surface area contributed by atoms with Crippen LogP contribution in [0.5, 0.6) is 0 Å². The number of anilines is 3. The lowest BCUT2D eigenvalue weighted by atomic mass is 9.63. The van der Waals surface area contributed by atoms with Crippen LogP contribution < -0.4 is 10.6 Å². The monoisotopic (exact) mass is 322 g/mol. The van der Waals surface area contributed by atoms with Gasteiger partial charge in [-0.15, -0.1) is 0 Å². The lowest BCUT2D eigenvalue weighted by Gasteiger charge is -2.45. The van der Waals surface area contributed by atoms with Gasteiger partial charge in [0.05, 0.1) is 0 Å². The summed E-state index contributed by atoms with van der Waals surface area (Å²) in [5, 5.41) is 7.19. The Morgan fingerprint density at radius 3 is 1.79 bits per heavy atom. The number of para-hydroxylation sites is 1. The summed E-state index contributed by atoms with van der Waals surface area (Å²) in [6, 6.07) is 19.5. The molecule has 1 aliphatic rings. The standard InChI is InChI=1S/C22H30N2/c1-21(2)14-20(15-22(3,4)16-21)24-19-12-10-18(11-13-19)23-17-8-6-5-7-9-17/h5-13,20,23-24H,14-16H2,1-4H3. The molecule has 3 rings (SSSR count). The van der Waals surface area contributed by atoms with Crippen LogP contribution in [0.15, 0.2) is 54.6 Å². The summed E-state index contributed by atoms with van der Waals surface area (Å²) in [5.74, 6) is 0. The van der Waals surface area contributed by atoms with E-state index in [0.29, 0.717) is 16.9 Å². The van der Waals surface area contributed by atoms with E-state index in [-0.39, 0.29) is 0 Å². The topological polar surface area (TPSA) is 24.1 Å². The Morgan fingerprint density at radius 1 is 0.708 bits per heavy atom. The molecular formula is C22H30N2. The molecule has 2 nitrogen and oxygen atoms in total. The highest BCUT2D eigenvalue weighted by Crippen LogP contribution is 2.46. The molecule has 0 aliphatic heterocycles. The van der Waals surface area contributed by atoms with Crippen molar-refractivity contribution in [3.8, 4) is 0 Å². The van der Waals surface area contributed by atoms with E-state index in [2.05, 4.69) is 74.7 Å². The van der Waals surface area contributed by atoms with Gasteiger partial charge in [-0.25, -0.2) is 0 Å². The van der Waals surface area contributed by atoms with Gasteiger partial charge in [0.2, 0.25) is 0 Å². The highest BCUT2D eigenvalue weighted by Gasteiger charge is 2.38. The summed E-state index contributed by atoms with van der Waals surface area (Å²) in [5.41, 5.74) is 4.28. The van der Waals surface area contributed by atoms with E-state index < -0.39 is 0 Å². The third-order valence-electron chi connectivity index (χ3n) is 4.87. The normalized spacial score (nSPS) is 19.7. The van der Waals surface area contributed by atoms with Gasteiger partial charge < -0.3 is 10.6 Å². The minimum absolute atomic E-state index is 0.411. The Labute approximate surface area is 146 Å². The van der Waals surface area contributed by atoms with E-state index in [9.17, 15) is 0 Å². The fraction of sp³-hybridized carbons (Fsp3) is 0.455. The van der Waals surface area contributed by atoms with Crippen molar-refractivity contribution in [2.75, 3.05) is 10.6 Å². The number of benzene rings is 2. The van der Waals surface area contributed by atoms with Crippen molar-refractivity contribution < 1.29 is 0 Å². The van der Waals surface area contributed by atoms with Crippen molar-refractivity contribution in [2.24, 2.45) is 10.8 Å². The maximum Gasteiger partial charge on any atom is 0.0385 e. The van der Waals surface area contributed by atoms with Crippen LogP contribution in [-0.2, 0) is 0 Å². The van der Waals surface area contributed by atoms with Crippen molar-refractivity contribution in [1.29, 1.82) is 0 Å². The van der Waals surface area contributed by atoms with E-state index in [0.717, 1.165) is 11.4 Å². The predicted molar refractivity (Wildman–Crippen MR) is 105 cm³/mol. The van der Waals surface area contributed by atoms with Gasteiger partial charge in [-0.3, -0.25) is 0 Å². The lowest BCUT2D eigenvalue weighted by Crippen LogP contribution is -2.40. The van der Waals surface area contributed by atoms with Crippen LogP contribution in [0.2, 0.25) is 0 Å². The fourth-order valence-corrected chi connectivity index (χ4v) is 4.52. The van der Waals surface area contributed by atoms with Gasteiger partial charge in [0.25, 0.3) is 0 Å². The van der Waals surface area contributed by atoms with Gasteiger partial charge in [-0.05, 0) is 66.5 Å². The largest absolute Gasteiger partial charge is 0.382 e. The molecule has 24 heavy (non-hydrogen) atoms. The Hall–Kier alpha value is -1.96. The van der Waals surface area contributed by atoms with Gasteiger partial charge >= 0.3 is 0 Å². The van der Waals surface area contributed by atoms with Crippen molar-refractivity contribution in [3.63, 3.8) is 0 Å². The van der Waals surface area contributed by atoms with Crippen LogP contribution in [0.1, 0.15) is 47.0 Å². The van der Waals surface area contributed by atoms with Crippen LogP contribution in [0.4, 0.5) is 17.1 Å². The number of rotatable bonds is 4. The number of hydrogen-bond donors (Lipinski definition) is 2. The molecule has 0 unspecified atom stereocenters. The summed E-state index contributed by atoms with van der Waals surface area (Å²) in [7, 11) is 0. The van der Waals surface area contributed by atoms with Crippen molar-refractivity contribution >= 4 is 17.1 Å². The molecule has 0 amide bonds. The van der Waals surface area contributed by atoms with E-state index in [1.807, 2.05) is 18.2 Å². The number of nitrogens with one attached hydrogen (secondary N) is 2. The minimum atomic E-state index is 0.411. The van der Waals surface area contributed by atoms with Crippen LogP contribution in [0.3, 0.4) is 0 Å². The second kappa shape index (κ2) is 6.51. The third kappa shape index (κ3) is 4.53. The van der Waals surface area contributed by atoms with Crippen LogP contribution in [-0.4, -0.2) is 6.04 Å². The first-order chi connectivity index (χ1) is 11.3. The molecule has 0 spiro atoms. The molecule has 0 heterocycles. The number of hydrogen-bond acceptors (Lipinski definition) is 2. The van der Waals surface area contributed by atoms with Gasteiger partial charge in [0, 0.05) is 23.1 Å². The lowest BCUT2D eigenvalue weighted by molar-refractivity contribution is 0.105. The molecule has 1 fully saturated rings. The summed E-state index contributed by atoms with van der Waals surface area (Å²) in [6.45, 7) is 9.59. The molecule has 2 N–H and O–H groups in total. The maximum absolute atomic E-state index is 3.76. The SMILES string of the molecule is CC1(C)CC(Nc2ccc(Nc3ccccc3)cc2)CC(C)(C)C1. The van der Waals surface area contributed by atoms with E-state index in [1.165, 1.54) is 24.9 Å². The summed E-state index contributed by atoms with van der Waals surface area (Å²) in [4.78, 5) is 0. The first-order valence-corrected chi connectivity index (χ1v) is 9.00.